The Bertz CT molecular complexity index is 203. The first-order valence-electron chi connectivity index (χ1n) is 3.39. The van der Waals surface area contributed by atoms with Crippen molar-refractivity contribution in [3.8, 4) is 0 Å². The molecule has 0 aromatic rings. The van der Waals surface area contributed by atoms with Crippen LogP contribution in [-0.4, -0.2) is 23.3 Å². The zero-order valence-electron chi connectivity index (χ0n) is 6.01. The van der Waals surface area contributed by atoms with Crippen molar-refractivity contribution in [3.05, 3.63) is 0 Å². The number of halogens is 3. The molecule has 1 aliphatic rings. The average molecular weight is 183 g/mol. The first-order chi connectivity index (χ1) is 5.34. The second kappa shape index (κ2) is 2.62. The summed E-state index contributed by atoms with van der Waals surface area (Å²) < 4.78 is 35.6. The number of carboxylic acids is 1. The van der Waals surface area contributed by atoms with Gasteiger partial charge in [0.15, 0.2) is 0 Å². The zero-order valence-corrected chi connectivity index (χ0v) is 6.01. The Balaban J connectivity index is 2.48. The standard InChI is InChI=1S/C6H8F3NO2/c7-6(8,9)3-1-2(3)4(10)5(11)12/h2-4H,1,10H2,(H,11,12)/t2-,3-,4-/m0/s1. The molecule has 70 valence electrons. The molecule has 1 rings (SSSR count). The van der Waals surface area contributed by atoms with Crippen LogP contribution >= 0.6 is 0 Å². The van der Waals surface area contributed by atoms with Crippen molar-refractivity contribution in [2.45, 2.75) is 18.6 Å². The highest BCUT2D eigenvalue weighted by Crippen LogP contribution is 2.51. The maximum absolute atomic E-state index is 11.9. The number of carboxylic acid groups (broad SMARTS) is 1. The molecule has 1 saturated carbocycles. The lowest BCUT2D eigenvalue weighted by molar-refractivity contribution is -0.153. The fourth-order valence-electron chi connectivity index (χ4n) is 1.17. The molecule has 0 spiro atoms. The third kappa shape index (κ3) is 1.69. The van der Waals surface area contributed by atoms with Gasteiger partial charge in [0.2, 0.25) is 0 Å². The van der Waals surface area contributed by atoms with E-state index in [0.717, 1.165) is 0 Å². The van der Waals surface area contributed by atoms with E-state index in [1.54, 1.807) is 0 Å². The third-order valence-electron chi connectivity index (χ3n) is 2.01. The van der Waals surface area contributed by atoms with Gasteiger partial charge < -0.3 is 10.8 Å². The Kier molecular flexibility index (Phi) is 2.03. The lowest BCUT2D eigenvalue weighted by Gasteiger charge is -2.07. The topological polar surface area (TPSA) is 63.3 Å². The van der Waals surface area contributed by atoms with Crippen LogP contribution in [0.25, 0.3) is 0 Å². The molecule has 0 aliphatic heterocycles. The maximum Gasteiger partial charge on any atom is 0.392 e. The minimum Gasteiger partial charge on any atom is -0.480 e. The highest BCUT2D eigenvalue weighted by atomic mass is 19.4. The summed E-state index contributed by atoms with van der Waals surface area (Å²) in [6.07, 6.45) is -4.45. The summed E-state index contributed by atoms with van der Waals surface area (Å²) in [5, 5.41) is 8.28. The quantitative estimate of drug-likeness (QED) is 0.658. The summed E-state index contributed by atoms with van der Waals surface area (Å²) in [4.78, 5) is 10.2. The highest BCUT2D eigenvalue weighted by Gasteiger charge is 2.58. The number of hydrogen-bond donors (Lipinski definition) is 2. The predicted octanol–water partition coefficient (Wildman–Crippen LogP) is 0.597. The molecule has 0 heterocycles. The van der Waals surface area contributed by atoms with Gasteiger partial charge in [-0.1, -0.05) is 0 Å². The van der Waals surface area contributed by atoms with Crippen molar-refractivity contribution in [1.82, 2.24) is 0 Å². The van der Waals surface area contributed by atoms with Crippen LogP contribution in [0, 0.1) is 11.8 Å². The molecule has 0 bridgehead atoms. The zero-order chi connectivity index (χ0) is 9.52. The lowest BCUT2D eigenvalue weighted by atomic mass is 10.1. The van der Waals surface area contributed by atoms with Crippen LogP contribution in [0.3, 0.4) is 0 Å². The molecule has 0 saturated heterocycles. The first kappa shape index (κ1) is 9.31. The summed E-state index contributed by atoms with van der Waals surface area (Å²) in [7, 11) is 0. The molecular weight excluding hydrogens is 175 g/mol. The van der Waals surface area contributed by atoms with Crippen molar-refractivity contribution in [2.75, 3.05) is 0 Å². The molecule has 0 aromatic heterocycles. The van der Waals surface area contributed by atoms with Crippen LogP contribution in [0.4, 0.5) is 13.2 Å². The number of nitrogens with two attached hydrogens (primary N) is 1. The second-order valence-corrected chi connectivity index (χ2v) is 2.91. The van der Waals surface area contributed by atoms with E-state index in [1.165, 1.54) is 0 Å². The van der Waals surface area contributed by atoms with Gasteiger partial charge in [0, 0.05) is 0 Å². The molecule has 6 heteroatoms. The largest absolute Gasteiger partial charge is 0.480 e. The number of hydrogen-bond acceptors (Lipinski definition) is 2. The summed E-state index contributed by atoms with van der Waals surface area (Å²) in [6, 6.07) is -1.38. The van der Waals surface area contributed by atoms with Crippen LogP contribution in [-0.2, 0) is 4.79 Å². The van der Waals surface area contributed by atoms with Crippen molar-refractivity contribution < 1.29 is 23.1 Å². The minimum absolute atomic E-state index is 0.156. The summed E-state index contributed by atoms with van der Waals surface area (Å²) in [5.74, 6) is -3.81. The van der Waals surface area contributed by atoms with Crippen LogP contribution in [0.5, 0.6) is 0 Å². The van der Waals surface area contributed by atoms with Gasteiger partial charge in [-0.05, 0) is 12.3 Å². The van der Waals surface area contributed by atoms with Crippen LogP contribution in [0.15, 0.2) is 0 Å². The molecular formula is C6H8F3NO2. The molecule has 0 unspecified atom stereocenters. The lowest BCUT2D eigenvalue weighted by Crippen LogP contribution is -2.34. The summed E-state index contributed by atoms with van der Waals surface area (Å²) in [6.45, 7) is 0. The van der Waals surface area contributed by atoms with Gasteiger partial charge in [-0.3, -0.25) is 4.79 Å². The Morgan fingerprint density at radius 1 is 1.58 bits per heavy atom. The Hall–Kier alpha value is -0.780. The van der Waals surface area contributed by atoms with Crippen molar-refractivity contribution in [1.29, 1.82) is 0 Å². The van der Waals surface area contributed by atoms with Crippen LogP contribution in [0.1, 0.15) is 6.42 Å². The molecule has 0 radical (unpaired) electrons. The van der Waals surface area contributed by atoms with E-state index in [2.05, 4.69) is 0 Å². The van der Waals surface area contributed by atoms with E-state index in [1.807, 2.05) is 0 Å². The van der Waals surface area contributed by atoms with Crippen LogP contribution < -0.4 is 5.73 Å². The van der Waals surface area contributed by atoms with Gasteiger partial charge >= 0.3 is 12.1 Å². The highest BCUT2D eigenvalue weighted by molar-refractivity contribution is 5.74. The fraction of sp³-hybridized carbons (Fsp3) is 0.833. The minimum atomic E-state index is -4.29. The van der Waals surface area contributed by atoms with Crippen molar-refractivity contribution in [2.24, 2.45) is 17.6 Å². The smallest absolute Gasteiger partial charge is 0.392 e. The van der Waals surface area contributed by atoms with Gasteiger partial charge in [0.25, 0.3) is 0 Å². The van der Waals surface area contributed by atoms with E-state index >= 15 is 0 Å². The maximum atomic E-state index is 11.9. The monoisotopic (exact) mass is 183 g/mol. The molecule has 3 nitrogen and oxygen atoms in total. The average Bonchev–Trinajstić information content (AvgIpc) is 2.61. The molecule has 0 aromatic carbocycles. The van der Waals surface area contributed by atoms with E-state index in [4.69, 9.17) is 10.8 Å². The van der Waals surface area contributed by atoms with Crippen molar-refractivity contribution >= 4 is 5.97 Å². The summed E-state index contributed by atoms with van der Waals surface area (Å²) >= 11 is 0. The molecule has 1 aliphatic carbocycles. The number of rotatable bonds is 2. The number of carbonyl (C=O) groups is 1. The van der Waals surface area contributed by atoms with Gasteiger partial charge in [-0.2, -0.15) is 13.2 Å². The van der Waals surface area contributed by atoms with Gasteiger partial charge in [-0.25, -0.2) is 0 Å². The second-order valence-electron chi connectivity index (χ2n) is 2.91. The van der Waals surface area contributed by atoms with Gasteiger partial charge in [0.05, 0.1) is 5.92 Å². The fourth-order valence-corrected chi connectivity index (χ4v) is 1.17. The number of aliphatic carboxylic acids is 1. The SMILES string of the molecule is N[C@H](C(=O)O)[C@H]1C[C@@H]1C(F)(F)F. The summed E-state index contributed by atoms with van der Waals surface area (Å²) in [5.41, 5.74) is 5.01. The van der Waals surface area contributed by atoms with Crippen LogP contribution in [0.2, 0.25) is 0 Å². The first-order valence-corrected chi connectivity index (χ1v) is 3.39. The normalized spacial score (nSPS) is 31.3. The molecule has 1 fully saturated rings. The Morgan fingerprint density at radius 2 is 2.08 bits per heavy atom. The molecule has 12 heavy (non-hydrogen) atoms. The van der Waals surface area contributed by atoms with Gasteiger partial charge in [0.1, 0.15) is 6.04 Å². The molecule has 3 N–H and O–H groups in total. The Labute approximate surface area is 66.4 Å². The van der Waals surface area contributed by atoms with Crippen molar-refractivity contribution in [3.63, 3.8) is 0 Å². The molecule has 3 atom stereocenters. The predicted molar refractivity (Wildman–Crippen MR) is 33.3 cm³/mol. The van der Waals surface area contributed by atoms with E-state index in [-0.39, 0.29) is 6.42 Å². The third-order valence-corrected chi connectivity index (χ3v) is 2.01. The van der Waals surface area contributed by atoms with Gasteiger partial charge in [-0.15, -0.1) is 0 Å². The van der Waals surface area contributed by atoms with E-state index in [0.29, 0.717) is 0 Å². The molecule has 0 amide bonds. The number of alkyl halides is 3. The van der Waals surface area contributed by atoms with E-state index in [9.17, 15) is 18.0 Å². The van der Waals surface area contributed by atoms with E-state index < -0.39 is 30.0 Å². The Morgan fingerprint density at radius 3 is 2.33 bits per heavy atom.